The van der Waals surface area contributed by atoms with E-state index in [0.29, 0.717) is 13.0 Å². The van der Waals surface area contributed by atoms with Crippen LogP contribution >= 0.6 is 0 Å². The van der Waals surface area contributed by atoms with E-state index in [1.54, 1.807) is 13.8 Å². The molecule has 5 N–H and O–H groups in total. The first-order chi connectivity index (χ1) is 11.2. The molecule has 0 aliphatic carbocycles. The van der Waals surface area contributed by atoms with Gasteiger partial charge in [-0.05, 0) is 32.6 Å². The van der Waals surface area contributed by atoms with Gasteiger partial charge >= 0.3 is 0 Å². The molecule has 1 fully saturated rings. The molecule has 1 rings (SSSR count). The molecular formula is C16H30N4O4. The number of carbonyl (C=O) groups is 3. The van der Waals surface area contributed by atoms with E-state index in [1.807, 2.05) is 13.8 Å². The van der Waals surface area contributed by atoms with Gasteiger partial charge in [0.2, 0.25) is 17.7 Å². The van der Waals surface area contributed by atoms with E-state index < -0.39 is 24.0 Å². The molecule has 1 aliphatic rings. The first-order valence-electron chi connectivity index (χ1n) is 8.46. The molecule has 1 heterocycles. The molecular weight excluding hydrogens is 312 g/mol. The zero-order valence-corrected chi connectivity index (χ0v) is 14.9. The number of hydrogen-bond donors (Lipinski definition) is 4. The summed E-state index contributed by atoms with van der Waals surface area (Å²) < 4.78 is 0. The highest BCUT2D eigenvalue weighted by Crippen LogP contribution is 2.19. The van der Waals surface area contributed by atoms with Crippen molar-refractivity contribution in [1.82, 2.24) is 15.5 Å². The van der Waals surface area contributed by atoms with Gasteiger partial charge in [-0.15, -0.1) is 0 Å². The Morgan fingerprint density at radius 2 is 1.83 bits per heavy atom. The van der Waals surface area contributed by atoms with Crippen LogP contribution in [0, 0.1) is 5.92 Å². The van der Waals surface area contributed by atoms with E-state index in [-0.39, 0.29) is 30.4 Å². The lowest BCUT2D eigenvalue weighted by Gasteiger charge is -2.29. The largest absolute Gasteiger partial charge is 0.394 e. The number of amides is 3. The van der Waals surface area contributed by atoms with Crippen molar-refractivity contribution in [3.8, 4) is 0 Å². The number of nitrogens with one attached hydrogen (secondary N) is 2. The standard InChI is InChI=1S/C16H30N4O4/c1-9(2)12(8-21)19-15(23)13-6-5-7-20(13)16(24)11(4)18-14(22)10(3)17/h9-13,21H,5-8,17H2,1-4H3,(H,18,22)(H,19,23)/t10-,11-,12+,13-/m0/s1. The summed E-state index contributed by atoms with van der Waals surface area (Å²) in [5, 5.41) is 14.7. The molecule has 0 aromatic rings. The minimum Gasteiger partial charge on any atom is -0.394 e. The predicted molar refractivity (Wildman–Crippen MR) is 89.8 cm³/mol. The van der Waals surface area contributed by atoms with Gasteiger partial charge in [-0.1, -0.05) is 13.8 Å². The summed E-state index contributed by atoms with van der Waals surface area (Å²) in [6, 6.07) is -2.35. The lowest BCUT2D eigenvalue weighted by atomic mass is 10.0. The maximum Gasteiger partial charge on any atom is 0.245 e. The van der Waals surface area contributed by atoms with Crippen molar-refractivity contribution in [3.05, 3.63) is 0 Å². The van der Waals surface area contributed by atoms with Gasteiger partial charge < -0.3 is 26.4 Å². The second kappa shape index (κ2) is 8.98. The van der Waals surface area contributed by atoms with Gasteiger partial charge in [0.25, 0.3) is 0 Å². The number of nitrogens with zero attached hydrogens (tertiary/aromatic N) is 1. The number of aliphatic hydroxyl groups is 1. The number of nitrogens with two attached hydrogens (primary N) is 1. The first-order valence-corrected chi connectivity index (χ1v) is 8.46. The van der Waals surface area contributed by atoms with Crippen molar-refractivity contribution >= 4 is 17.7 Å². The zero-order chi connectivity index (χ0) is 18.4. The van der Waals surface area contributed by atoms with Crippen LogP contribution < -0.4 is 16.4 Å². The average molecular weight is 342 g/mol. The molecule has 0 saturated carbocycles. The summed E-state index contributed by atoms with van der Waals surface area (Å²) in [6.45, 7) is 7.26. The van der Waals surface area contributed by atoms with Crippen molar-refractivity contribution < 1.29 is 19.5 Å². The third-order valence-corrected chi connectivity index (χ3v) is 4.31. The van der Waals surface area contributed by atoms with Gasteiger partial charge in [0.1, 0.15) is 12.1 Å². The van der Waals surface area contributed by atoms with Gasteiger partial charge in [0, 0.05) is 6.54 Å². The van der Waals surface area contributed by atoms with Gasteiger partial charge in [-0.3, -0.25) is 14.4 Å². The number of aliphatic hydroxyl groups excluding tert-OH is 1. The van der Waals surface area contributed by atoms with Crippen LogP contribution in [0.3, 0.4) is 0 Å². The third kappa shape index (κ3) is 5.17. The second-order valence-electron chi connectivity index (χ2n) is 6.75. The lowest BCUT2D eigenvalue weighted by Crippen LogP contribution is -2.55. The van der Waals surface area contributed by atoms with E-state index in [0.717, 1.165) is 6.42 Å². The molecule has 8 heteroatoms. The minimum absolute atomic E-state index is 0.0914. The highest BCUT2D eigenvalue weighted by atomic mass is 16.3. The zero-order valence-electron chi connectivity index (χ0n) is 14.9. The smallest absolute Gasteiger partial charge is 0.245 e. The van der Waals surface area contributed by atoms with Crippen molar-refractivity contribution in [2.45, 2.75) is 64.7 Å². The molecule has 0 unspecified atom stereocenters. The maximum absolute atomic E-state index is 12.5. The monoisotopic (exact) mass is 342 g/mol. The lowest BCUT2D eigenvalue weighted by molar-refractivity contribution is -0.141. The molecule has 138 valence electrons. The Bertz CT molecular complexity index is 467. The maximum atomic E-state index is 12.5. The summed E-state index contributed by atoms with van der Waals surface area (Å²) >= 11 is 0. The summed E-state index contributed by atoms with van der Waals surface area (Å²) in [5.74, 6) is -0.879. The first kappa shape index (κ1) is 20.4. The Morgan fingerprint density at radius 3 is 2.33 bits per heavy atom. The van der Waals surface area contributed by atoms with Crippen LogP contribution in [0.15, 0.2) is 0 Å². The number of carbonyl (C=O) groups excluding carboxylic acids is 3. The quantitative estimate of drug-likeness (QED) is 0.470. The average Bonchev–Trinajstić information content (AvgIpc) is 3.00. The van der Waals surface area contributed by atoms with Gasteiger partial charge in [0.15, 0.2) is 0 Å². The van der Waals surface area contributed by atoms with Crippen molar-refractivity contribution in [1.29, 1.82) is 0 Å². The minimum atomic E-state index is -0.740. The number of hydrogen-bond acceptors (Lipinski definition) is 5. The van der Waals surface area contributed by atoms with Gasteiger partial charge in [-0.2, -0.15) is 0 Å². The Hall–Kier alpha value is -1.67. The summed E-state index contributed by atoms with van der Waals surface area (Å²) in [6.07, 6.45) is 1.30. The van der Waals surface area contributed by atoms with Crippen molar-refractivity contribution in [2.75, 3.05) is 13.2 Å². The van der Waals surface area contributed by atoms with Crippen molar-refractivity contribution in [2.24, 2.45) is 11.7 Å². The molecule has 1 aliphatic heterocycles. The fourth-order valence-electron chi connectivity index (χ4n) is 2.66. The van der Waals surface area contributed by atoms with Crippen LogP contribution in [0.1, 0.15) is 40.5 Å². The van der Waals surface area contributed by atoms with Crippen molar-refractivity contribution in [3.63, 3.8) is 0 Å². The van der Waals surface area contributed by atoms with Crippen LogP contribution in [-0.4, -0.2) is 65.0 Å². The van der Waals surface area contributed by atoms with Crippen LogP contribution in [-0.2, 0) is 14.4 Å². The summed E-state index contributed by atoms with van der Waals surface area (Å²) in [5.41, 5.74) is 5.49. The molecule has 8 nitrogen and oxygen atoms in total. The molecule has 3 amide bonds. The van der Waals surface area contributed by atoms with Gasteiger partial charge in [0.05, 0.1) is 18.7 Å². The molecule has 0 aromatic carbocycles. The number of likely N-dealkylation sites (tertiary alicyclic amines) is 1. The highest BCUT2D eigenvalue weighted by Gasteiger charge is 2.37. The SMILES string of the molecule is CC(C)[C@@H](CO)NC(=O)[C@@H]1CCCN1C(=O)[C@H](C)NC(=O)[C@H](C)N. The van der Waals surface area contributed by atoms with Crippen LogP contribution in [0.4, 0.5) is 0 Å². The molecule has 0 spiro atoms. The van der Waals surface area contributed by atoms with E-state index in [2.05, 4.69) is 10.6 Å². The van der Waals surface area contributed by atoms with Crippen LogP contribution in [0.2, 0.25) is 0 Å². The van der Waals surface area contributed by atoms with Crippen LogP contribution in [0.5, 0.6) is 0 Å². The second-order valence-corrected chi connectivity index (χ2v) is 6.75. The fourth-order valence-corrected chi connectivity index (χ4v) is 2.66. The molecule has 24 heavy (non-hydrogen) atoms. The Morgan fingerprint density at radius 1 is 1.21 bits per heavy atom. The number of rotatable bonds is 7. The summed E-state index contributed by atoms with van der Waals surface area (Å²) in [7, 11) is 0. The van der Waals surface area contributed by atoms with E-state index in [1.165, 1.54) is 4.90 Å². The molecule has 0 aromatic heterocycles. The van der Waals surface area contributed by atoms with E-state index in [9.17, 15) is 19.5 Å². The fraction of sp³-hybridized carbons (Fsp3) is 0.812. The van der Waals surface area contributed by atoms with E-state index >= 15 is 0 Å². The third-order valence-electron chi connectivity index (χ3n) is 4.31. The summed E-state index contributed by atoms with van der Waals surface area (Å²) in [4.78, 5) is 38.1. The topological polar surface area (TPSA) is 125 Å². The predicted octanol–water partition coefficient (Wildman–Crippen LogP) is -1.04. The molecule has 0 radical (unpaired) electrons. The molecule has 4 atom stereocenters. The normalized spacial score (nSPS) is 21.3. The van der Waals surface area contributed by atoms with Gasteiger partial charge in [-0.25, -0.2) is 0 Å². The molecule has 1 saturated heterocycles. The van der Waals surface area contributed by atoms with Crippen LogP contribution in [0.25, 0.3) is 0 Å². The Labute approximate surface area is 143 Å². The van der Waals surface area contributed by atoms with E-state index in [4.69, 9.17) is 5.73 Å². The molecule has 0 bridgehead atoms. The Kier molecular flexibility index (Phi) is 7.62. The Balaban J connectivity index is 2.71. The highest BCUT2D eigenvalue weighted by molar-refractivity contribution is 5.93.